The molecule has 1 aromatic heterocycles. The Morgan fingerprint density at radius 3 is 2.29 bits per heavy atom. The van der Waals surface area contributed by atoms with Crippen LogP contribution in [0.5, 0.6) is 11.5 Å². The molecule has 5 aromatic rings. The van der Waals surface area contributed by atoms with E-state index in [9.17, 15) is 9.59 Å². The van der Waals surface area contributed by atoms with Gasteiger partial charge in [0.25, 0.3) is 11.5 Å². The Morgan fingerprint density at radius 2 is 1.60 bits per heavy atom. The number of para-hydroxylation sites is 1. The topological polar surface area (TPSA) is 81.9 Å². The number of ether oxygens (including phenoxy) is 2. The van der Waals surface area contributed by atoms with Gasteiger partial charge in [0.1, 0.15) is 18.1 Å². The molecule has 0 aliphatic carbocycles. The maximum atomic E-state index is 14.0. The summed E-state index contributed by atoms with van der Waals surface area (Å²) in [7, 11) is 0. The summed E-state index contributed by atoms with van der Waals surface area (Å²) in [6.07, 6.45) is 1.85. The van der Waals surface area contributed by atoms with E-state index in [2.05, 4.69) is 21.2 Å². The lowest BCUT2D eigenvalue weighted by molar-refractivity contribution is -0.113. The largest absolute Gasteiger partial charge is 0.494 e. The summed E-state index contributed by atoms with van der Waals surface area (Å²) in [5, 5.41) is 2.98. The van der Waals surface area contributed by atoms with Crippen LogP contribution in [0.15, 0.2) is 129 Å². The van der Waals surface area contributed by atoms with Crippen molar-refractivity contribution in [3.05, 3.63) is 155 Å². The van der Waals surface area contributed by atoms with E-state index in [-0.39, 0.29) is 11.5 Å². The summed E-state index contributed by atoms with van der Waals surface area (Å²) < 4.78 is 14.7. The highest BCUT2D eigenvalue weighted by Crippen LogP contribution is 2.32. The molecular formula is C36H30BrN3O4S. The molecule has 0 spiro atoms. The number of hydrogen-bond donors (Lipinski definition) is 1. The summed E-state index contributed by atoms with van der Waals surface area (Å²) in [5.74, 6) is 1.14. The first-order valence-corrected chi connectivity index (χ1v) is 16.1. The van der Waals surface area contributed by atoms with Gasteiger partial charge in [-0.05, 0) is 85.1 Å². The molecule has 6 rings (SSSR count). The first kappa shape index (κ1) is 30.3. The second-order valence-electron chi connectivity index (χ2n) is 10.4. The third kappa shape index (κ3) is 6.84. The molecule has 0 saturated carbocycles. The van der Waals surface area contributed by atoms with E-state index in [1.54, 1.807) is 4.57 Å². The van der Waals surface area contributed by atoms with Gasteiger partial charge in [-0.3, -0.25) is 14.2 Å². The Hall–Kier alpha value is -4.73. The predicted octanol–water partition coefficient (Wildman–Crippen LogP) is 6.61. The van der Waals surface area contributed by atoms with Crippen LogP contribution in [0.4, 0.5) is 5.69 Å². The fourth-order valence-corrected chi connectivity index (χ4v) is 6.43. The first-order valence-electron chi connectivity index (χ1n) is 14.5. The summed E-state index contributed by atoms with van der Waals surface area (Å²) in [4.78, 5) is 33.1. The van der Waals surface area contributed by atoms with Crippen molar-refractivity contribution < 1.29 is 14.3 Å². The summed E-state index contributed by atoms with van der Waals surface area (Å²) >= 11 is 4.75. The maximum Gasteiger partial charge on any atom is 0.271 e. The standard InChI is InChI=1S/C36H30BrN3O4S/c1-3-43-29-19-13-26(14-20-29)33-32(34(41)39-28-7-5-4-6-8-28)23(2)38-36-40(33)35(42)31(45-36)21-24-11-17-30(18-12-24)44-22-25-9-15-27(37)16-10-25/h4-21,33H,3,22H2,1-2H3,(H,39,41)/b31-21-/t33-/m0/s1. The second kappa shape index (κ2) is 13.5. The molecule has 0 saturated heterocycles. The maximum absolute atomic E-state index is 14.0. The number of aromatic nitrogens is 1. The molecule has 7 nitrogen and oxygen atoms in total. The number of nitrogens with zero attached hydrogens (tertiary/aromatic N) is 2. The number of carbonyl (C=O) groups is 1. The third-order valence-electron chi connectivity index (χ3n) is 7.30. The minimum Gasteiger partial charge on any atom is -0.494 e. The normalized spacial score (nSPS) is 14.5. The average Bonchev–Trinajstić information content (AvgIpc) is 3.35. The molecule has 1 N–H and O–H groups in total. The highest BCUT2D eigenvalue weighted by Gasteiger charge is 2.32. The van der Waals surface area contributed by atoms with Crippen molar-refractivity contribution in [3.63, 3.8) is 0 Å². The zero-order valence-electron chi connectivity index (χ0n) is 24.7. The van der Waals surface area contributed by atoms with Gasteiger partial charge in [0.15, 0.2) is 4.80 Å². The number of nitrogens with one attached hydrogen (secondary N) is 1. The minimum absolute atomic E-state index is 0.217. The van der Waals surface area contributed by atoms with Crippen molar-refractivity contribution in [2.45, 2.75) is 26.5 Å². The number of amides is 1. The molecule has 0 bridgehead atoms. The van der Waals surface area contributed by atoms with Gasteiger partial charge in [-0.25, -0.2) is 4.99 Å². The number of anilines is 1. The number of fused-ring (bicyclic) bond motifs is 1. The molecule has 4 aromatic carbocycles. The van der Waals surface area contributed by atoms with Gasteiger partial charge < -0.3 is 14.8 Å². The number of benzene rings is 4. The van der Waals surface area contributed by atoms with Crippen molar-refractivity contribution >= 4 is 44.9 Å². The fourth-order valence-electron chi connectivity index (χ4n) is 5.12. The summed E-state index contributed by atoms with van der Waals surface area (Å²) in [6.45, 7) is 4.73. The van der Waals surface area contributed by atoms with Crippen LogP contribution in [-0.2, 0) is 11.4 Å². The van der Waals surface area contributed by atoms with Crippen LogP contribution >= 0.6 is 27.3 Å². The van der Waals surface area contributed by atoms with Crippen LogP contribution < -0.4 is 29.7 Å². The zero-order chi connectivity index (χ0) is 31.3. The predicted molar refractivity (Wildman–Crippen MR) is 181 cm³/mol. The summed E-state index contributed by atoms with van der Waals surface area (Å²) in [6, 6.07) is 31.7. The van der Waals surface area contributed by atoms with E-state index in [0.717, 1.165) is 26.9 Å². The number of allylic oxidation sites excluding steroid dienone is 1. The van der Waals surface area contributed by atoms with E-state index in [1.807, 2.05) is 123 Å². The van der Waals surface area contributed by atoms with E-state index < -0.39 is 6.04 Å². The highest BCUT2D eigenvalue weighted by atomic mass is 79.9. The van der Waals surface area contributed by atoms with Crippen molar-refractivity contribution in [3.8, 4) is 11.5 Å². The van der Waals surface area contributed by atoms with Gasteiger partial charge in [0.2, 0.25) is 0 Å². The molecule has 1 aliphatic heterocycles. The third-order valence-corrected chi connectivity index (χ3v) is 8.81. The Balaban J connectivity index is 1.34. The molecule has 0 unspecified atom stereocenters. The van der Waals surface area contributed by atoms with Crippen LogP contribution in [0, 0.1) is 0 Å². The number of hydrogen-bond acceptors (Lipinski definition) is 6. The Labute approximate surface area is 272 Å². The van der Waals surface area contributed by atoms with Crippen molar-refractivity contribution in [2.75, 3.05) is 11.9 Å². The first-order chi connectivity index (χ1) is 21.9. The fraction of sp³-hybridized carbons (Fsp3) is 0.139. The Bertz CT molecular complexity index is 2030. The molecule has 1 atom stereocenters. The van der Waals surface area contributed by atoms with E-state index >= 15 is 0 Å². The van der Waals surface area contributed by atoms with Gasteiger partial charge in [0, 0.05) is 10.2 Å². The van der Waals surface area contributed by atoms with Gasteiger partial charge >= 0.3 is 0 Å². The quantitative estimate of drug-likeness (QED) is 0.190. The molecule has 0 fully saturated rings. The lowest BCUT2D eigenvalue weighted by atomic mass is 9.95. The molecule has 1 aliphatic rings. The average molecular weight is 681 g/mol. The van der Waals surface area contributed by atoms with Crippen LogP contribution in [0.1, 0.15) is 36.6 Å². The van der Waals surface area contributed by atoms with Crippen molar-refractivity contribution in [1.29, 1.82) is 0 Å². The lowest BCUT2D eigenvalue weighted by Crippen LogP contribution is -2.40. The molecule has 226 valence electrons. The van der Waals surface area contributed by atoms with Gasteiger partial charge in [0.05, 0.1) is 28.5 Å². The van der Waals surface area contributed by atoms with Gasteiger partial charge in [-0.1, -0.05) is 81.9 Å². The van der Waals surface area contributed by atoms with E-state index in [4.69, 9.17) is 14.5 Å². The molecule has 45 heavy (non-hydrogen) atoms. The molecule has 2 heterocycles. The minimum atomic E-state index is -0.669. The second-order valence-corrected chi connectivity index (χ2v) is 12.3. The number of carbonyl (C=O) groups excluding carboxylic acids is 1. The van der Waals surface area contributed by atoms with Crippen LogP contribution in [0.2, 0.25) is 0 Å². The van der Waals surface area contributed by atoms with E-state index in [0.29, 0.717) is 45.3 Å². The number of thiazole rings is 1. The van der Waals surface area contributed by atoms with Crippen LogP contribution in [0.3, 0.4) is 0 Å². The number of rotatable bonds is 9. The van der Waals surface area contributed by atoms with Gasteiger partial charge in [-0.2, -0.15) is 0 Å². The smallest absolute Gasteiger partial charge is 0.271 e. The molecule has 9 heteroatoms. The molecule has 1 amide bonds. The monoisotopic (exact) mass is 679 g/mol. The SMILES string of the molecule is CCOc1ccc([C@H]2C(C(=O)Nc3ccccc3)=C(C)N=c3s/c(=C\c4ccc(OCc5ccc(Br)cc5)cc4)c(=O)n32)cc1. The molecular weight excluding hydrogens is 650 g/mol. The lowest BCUT2D eigenvalue weighted by Gasteiger charge is -2.25. The zero-order valence-corrected chi connectivity index (χ0v) is 27.1. The Kier molecular flexibility index (Phi) is 9.09. The van der Waals surface area contributed by atoms with E-state index in [1.165, 1.54) is 11.3 Å². The number of halogens is 1. The van der Waals surface area contributed by atoms with Crippen LogP contribution in [0.25, 0.3) is 6.08 Å². The Morgan fingerprint density at radius 1 is 0.933 bits per heavy atom. The highest BCUT2D eigenvalue weighted by molar-refractivity contribution is 9.10. The van der Waals surface area contributed by atoms with Crippen LogP contribution in [-0.4, -0.2) is 17.1 Å². The van der Waals surface area contributed by atoms with Crippen molar-refractivity contribution in [1.82, 2.24) is 4.57 Å². The van der Waals surface area contributed by atoms with Gasteiger partial charge in [-0.15, -0.1) is 0 Å². The summed E-state index contributed by atoms with van der Waals surface area (Å²) in [5.41, 5.74) is 4.12. The molecule has 0 radical (unpaired) electrons. The van der Waals surface area contributed by atoms with Crippen molar-refractivity contribution in [2.24, 2.45) is 4.99 Å².